The van der Waals surface area contributed by atoms with Gasteiger partial charge in [-0.25, -0.2) is 0 Å². The molecule has 0 atom stereocenters. The van der Waals surface area contributed by atoms with Crippen LogP contribution in [0.15, 0.2) is 53.3 Å². The highest BCUT2D eigenvalue weighted by Crippen LogP contribution is 2.19. The molecule has 4 nitrogen and oxygen atoms in total. The van der Waals surface area contributed by atoms with Crippen molar-refractivity contribution in [3.63, 3.8) is 0 Å². The second kappa shape index (κ2) is 7.90. The first-order valence-electron chi connectivity index (χ1n) is 6.64. The van der Waals surface area contributed by atoms with Crippen molar-refractivity contribution in [2.24, 2.45) is 0 Å². The topological polar surface area (TPSA) is 42.4 Å². The van der Waals surface area contributed by atoms with Crippen LogP contribution in [0.1, 0.15) is 15.9 Å². The fourth-order valence-corrected chi connectivity index (χ4v) is 2.42. The van der Waals surface area contributed by atoms with E-state index in [0.29, 0.717) is 25.3 Å². The minimum Gasteiger partial charge on any atom is -0.383 e. The van der Waals surface area contributed by atoms with Crippen molar-refractivity contribution in [3.05, 3.63) is 64.4 Å². The molecule has 0 N–H and O–H groups in total. The lowest BCUT2D eigenvalue weighted by Gasteiger charge is -2.23. The molecule has 5 heteroatoms. The van der Waals surface area contributed by atoms with Gasteiger partial charge in [0.15, 0.2) is 0 Å². The molecule has 0 aliphatic rings. The van der Waals surface area contributed by atoms with E-state index in [4.69, 9.17) is 4.74 Å². The van der Waals surface area contributed by atoms with Gasteiger partial charge < -0.3 is 9.64 Å². The Kier molecular flexibility index (Phi) is 5.90. The molecular weight excluding hydrogens is 332 g/mol. The number of nitrogens with zero attached hydrogens (tertiary/aromatic N) is 2. The summed E-state index contributed by atoms with van der Waals surface area (Å²) < 4.78 is 5.91. The normalized spacial score (nSPS) is 10.4. The number of amides is 1. The first-order valence-corrected chi connectivity index (χ1v) is 7.43. The van der Waals surface area contributed by atoms with Crippen LogP contribution in [0, 0.1) is 0 Å². The molecule has 0 aliphatic carbocycles. The van der Waals surface area contributed by atoms with Crippen LogP contribution in [0.5, 0.6) is 0 Å². The summed E-state index contributed by atoms with van der Waals surface area (Å²) in [7, 11) is 1.63. The van der Waals surface area contributed by atoms with E-state index in [2.05, 4.69) is 20.9 Å². The summed E-state index contributed by atoms with van der Waals surface area (Å²) in [6.45, 7) is 1.58. The van der Waals surface area contributed by atoms with Crippen molar-refractivity contribution in [2.75, 3.05) is 20.3 Å². The van der Waals surface area contributed by atoms with Gasteiger partial charge in [0, 0.05) is 37.1 Å². The summed E-state index contributed by atoms with van der Waals surface area (Å²) >= 11 is 3.43. The van der Waals surface area contributed by atoms with Gasteiger partial charge in [0.25, 0.3) is 5.91 Å². The zero-order chi connectivity index (χ0) is 15.1. The number of hydrogen-bond acceptors (Lipinski definition) is 3. The lowest BCUT2D eigenvalue weighted by molar-refractivity contribution is 0.0679. The van der Waals surface area contributed by atoms with E-state index in [1.807, 2.05) is 36.4 Å². The molecular formula is C16H17BrN2O2. The standard InChI is InChI=1S/C16H17BrN2O2/c1-21-11-10-19(12-13-6-8-18-9-7-13)16(20)14-4-2-3-5-15(14)17/h2-9H,10-12H2,1H3. The van der Waals surface area contributed by atoms with Crippen LogP contribution in [0.25, 0.3) is 0 Å². The predicted octanol–water partition coefficient (Wildman–Crippen LogP) is 3.13. The minimum absolute atomic E-state index is 0.0173. The maximum atomic E-state index is 12.7. The highest BCUT2D eigenvalue weighted by atomic mass is 79.9. The Balaban J connectivity index is 2.19. The minimum atomic E-state index is -0.0173. The van der Waals surface area contributed by atoms with Crippen molar-refractivity contribution in [3.8, 4) is 0 Å². The van der Waals surface area contributed by atoms with Gasteiger partial charge in [-0.1, -0.05) is 12.1 Å². The first kappa shape index (κ1) is 15.7. The Labute approximate surface area is 132 Å². The Morgan fingerprint density at radius 3 is 2.62 bits per heavy atom. The Morgan fingerprint density at radius 1 is 1.24 bits per heavy atom. The molecule has 110 valence electrons. The molecule has 1 amide bonds. The zero-order valence-electron chi connectivity index (χ0n) is 11.8. The summed E-state index contributed by atoms with van der Waals surface area (Å²) in [6, 6.07) is 11.3. The summed E-state index contributed by atoms with van der Waals surface area (Å²) in [5, 5.41) is 0. The number of hydrogen-bond donors (Lipinski definition) is 0. The largest absolute Gasteiger partial charge is 0.383 e. The number of carbonyl (C=O) groups excluding carboxylic acids is 1. The summed E-state index contributed by atoms with van der Waals surface area (Å²) in [6.07, 6.45) is 3.46. The van der Waals surface area contributed by atoms with Crippen LogP contribution in [-0.4, -0.2) is 36.1 Å². The second-order valence-corrected chi connectivity index (χ2v) is 5.41. The van der Waals surface area contributed by atoms with Crippen molar-refractivity contribution < 1.29 is 9.53 Å². The van der Waals surface area contributed by atoms with E-state index >= 15 is 0 Å². The average molecular weight is 349 g/mol. The average Bonchev–Trinajstić information content (AvgIpc) is 2.52. The molecule has 0 aliphatic heterocycles. The number of carbonyl (C=O) groups is 1. The number of halogens is 1. The van der Waals surface area contributed by atoms with Crippen LogP contribution in [0.4, 0.5) is 0 Å². The number of pyridine rings is 1. The lowest BCUT2D eigenvalue weighted by Crippen LogP contribution is -2.33. The van der Waals surface area contributed by atoms with Crippen LogP contribution in [0.2, 0.25) is 0 Å². The van der Waals surface area contributed by atoms with Crippen LogP contribution in [-0.2, 0) is 11.3 Å². The third-order valence-corrected chi connectivity index (χ3v) is 3.77. The first-order chi connectivity index (χ1) is 10.2. The summed E-state index contributed by atoms with van der Waals surface area (Å²) in [4.78, 5) is 18.5. The van der Waals surface area contributed by atoms with E-state index in [0.717, 1.165) is 10.0 Å². The fraction of sp³-hybridized carbons (Fsp3) is 0.250. The van der Waals surface area contributed by atoms with E-state index < -0.39 is 0 Å². The van der Waals surface area contributed by atoms with E-state index in [1.54, 1.807) is 24.4 Å². The van der Waals surface area contributed by atoms with Crippen molar-refractivity contribution in [1.29, 1.82) is 0 Å². The molecule has 0 saturated heterocycles. The molecule has 1 heterocycles. The van der Waals surface area contributed by atoms with Gasteiger partial charge in [0.1, 0.15) is 0 Å². The molecule has 21 heavy (non-hydrogen) atoms. The van der Waals surface area contributed by atoms with Gasteiger partial charge >= 0.3 is 0 Å². The number of aromatic nitrogens is 1. The maximum absolute atomic E-state index is 12.7. The predicted molar refractivity (Wildman–Crippen MR) is 85.0 cm³/mol. The number of benzene rings is 1. The third kappa shape index (κ3) is 4.37. The SMILES string of the molecule is COCCN(Cc1ccncc1)C(=O)c1ccccc1Br. The molecule has 1 aromatic heterocycles. The van der Waals surface area contributed by atoms with E-state index in [1.165, 1.54) is 0 Å². The van der Waals surface area contributed by atoms with Gasteiger partial charge in [-0.15, -0.1) is 0 Å². The monoisotopic (exact) mass is 348 g/mol. The highest BCUT2D eigenvalue weighted by Gasteiger charge is 2.18. The molecule has 2 rings (SSSR count). The van der Waals surface area contributed by atoms with Gasteiger partial charge in [-0.3, -0.25) is 9.78 Å². The molecule has 0 fully saturated rings. The molecule has 0 unspecified atom stereocenters. The van der Waals surface area contributed by atoms with Crippen molar-refractivity contribution in [1.82, 2.24) is 9.88 Å². The van der Waals surface area contributed by atoms with Crippen molar-refractivity contribution in [2.45, 2.75) is 6.54 Å². The van der Waals surface area contributed by atoms with E-state index in [9.17, 15) is 4.79 Å². The molecule has 0 saturated carbocycles. The number of rotatable bonds is 6. The molecule has 1 aromatic carbocycles. The maximum Gasteiger partial charge on any atom is 0.255 e. The van der Waals surface area contributed by atoms with Gasteiger partial charge in [-0.05, 0) is 45.8 Å². The van der Waals surface area contributed by atoms with Gasteiger partial charge in [0.05, 0.1) is 12.2 Å². The van der Waals surface area contributed by atoms with Crippen molar-refractivity contribution >= 4 is 21.8 Å². The smallest absolute Gasteiger partial charge is 0.255 e. The van der Waals surface area contributed by atoms with Crippen LogP contribution < -0.4 is 0 Å². The Hall–Kier alpha value is -1.72. The summed E-state index contributed by atoms with van der Waals surface area (Å²) in [5.41, 5.74) is 1.70. The molecule has 0 radical (unpaired) electrons. The Bertz CT molecular complexity index is 590. The van der Waals surface area contributed by atoms with E-state index in [-0.39, 0.29) is 5.91 Å². The number of ether oxygens (including phenoxy) is 1. The molecule has 0 spiro atoms. The van der Waals surface area contributed by atoms with Crippen LogP contribution >= 0.6 is 15.9 Å². The summed E-state index contributed by atoms with van der Waals surface area (Å²) in [5.74, 6) is -0.0173. The lowest BCUT2D eigenvalue weighted by atomic mass is 10.1. The second-order valence-electron chi connectivity index (χ2n) is 4.55. The van der Waals surface area contributed by atoms with Gasteiger partial charge in [-0.2, -0.15) is 0 Å². The Morgan fingerprint density at radius 2 is 1.95 bits per heavy atom. The van der Waals surface area contributed by atoms with Gasteiger partial charge in [0.2, 0.25) is 0 Å². The fourth-order valence-electron chi connectivity index (χ4n) is 1.97. The quantitative estimate of drug-likeness (QED) is 0.805. The zero-order valence-corrected chi connectivity index (χ0v) is 13.4. The third-order valence-electron chi connectivity index (χ3n) is 3.08. The molecule has 0 bridgehead atoms. The van der Waals surface area contributed by atoms with Crippen LogP contribution in [0.3, 0.4) is 0 Å². The number of methoxy groups -OCH3 is 1. The highest BCUT2D eigenvalue weighted by molar-refractivity contribution is 9.10. The molecule has 2 aromatic rings.